The lowest BCUT2D eigenvalue weighted by Crippen LogP contribution is -2.28. The van der Waals surface area contributed by atoms with Gasteiger partial charge in [-0.05, 0) is 12.8 Å². The van der Waals surface area contributed by atoms with E-state index in [9.17, 15) is 10.2 Å². The molecule has 2 atom stereocenters. The minimum absolute atomic E-state index is 0.356. The van der Waals surface area contributed by atoms with Crippen LogP contribution in [-0.4, -0.2) is 37.2 Å². The number of nitrogens with zero attached hydrogens (tertiary/aromatic N) is 3. The summed E-state index contributed by atoms with van der Waals surface area (Å²) >= 11 is 0. The maximum atomic E-state index is 9.65. The van der Waals surface area contributed by atoms with Crippen molar-refractivity contribution in [3.05, 3.63) is 12.2 Å². The molecule has 5 nitrogen and oxygen atoms in total. The topological polar surface area (TPSA) is 71.2 Å². The van der Waals surface area contributed by atoms with E-state index >= 15 is 0 Å². The predicted octanol–water partition coefficient (Wildman–Crippen LogP) is 0.362. The first-order valence-electron chi connectivity index (χ1n) is 5.41. The lowest BCUT2D eigenvalue weighted by atomic mass is 10.1. The molecular formula is C10H19N3O2. The molecule has 0 aliphatic heterocycles. The summed E-state index contributed by atoms with van der Waals surface area (Å²) in [6.07, 6.45) is 1.92. The third kappa shape index (κ3) is 3.28. The zero-order chi connectivity index (χ0) is 11.3. The minimum Gasteiger partial charge on any atom is -0.390 e. The summed E-state index contributed by atoms with van der Waals surface area (Å²) in [4.78, 5) is 4.07. The van der Waals surface area contributed by atoms with Gasteiger partial charge in [0.1, 0.15) is 12.2 Å². The van der Waals surface area contributed by atoms with Gasteiger partial charge in [0, 0.05) is 13.0 Å². The number of hydrogen-bond donors (Lipinski definition) is 2. The van der Waals surface area contributed by atoms with E-state index in [1.54, 1.807) is 4.68 Å². The van der Waals surface area contributed by atoms with Gasteiger partial charge in [0.15, 0.2) is 0 Å². The number of aliphatic hydroxyl groups excluding tert-OH is 2. The van der Waals surface area contributed by atoms with E-state index < -0.39 is 12.2 Å². The Morgan fingerprint density at radius 2 is 2.07 bits per heavy atom. The second kappa shape index (κ2) is 5.82. The largest absolute Gasteiger partial charge is 0.390 e. The van der Waals surface area contributed by atoms with E-state index in [4.69, 9.17) is 0 Å². The van der Waals surface area contributed by atoms with E-state index in [1.807, 2.05) is 6.92 Å². The van der Waals surface area contributed by atoms with Crippen molar-refractivity contribution in [2.45, 2.75) is 51.9 Å². The Balaban J connectivity index is 2.59. The molecule has 1 rings (SSSR count). The molecule has 0 saturated heterocycles. The van der Waals surface area contributed by atoms with Gasteiger partial charge in [0.2, 0.25) is 0 Å². The van der Waals surface area contributed by atoms with Crippen molar-refractivity contribution in [2.24, 2.45) is 0 Å². The number of rotatable bonds is 6. The van der Waals surface area contributed by atoms with Gasteiger partial charge in [-0.2, -0.15) is 5.10 Å². The van der Waals surface area contributed by atoms with E-state index in [2.05, 4.69) is 17.0 Å². The highest BCUT2D eigenvalue weighted by molar-refractivity contribution is 4.89. The summed E-state index contributed by atoms with van der Waals surface area (Å²) in [5.41, 5.74) is 0. The molecule has 0 saturated carbocycles. The number of hydrogen-bond acceptors (Lipinski definition) is 4. The van der Waals surface area contributed by atoms with Gasteiger partial charge in [-0.1, -0.05) is 13.8 Å². The standard InChI is InChI=1S/C10H19N3O2/c1-3-5-13-10(11-7-12-13)6-9(15)8(14)4-2/h7-9,14-15H,3-6H2,1-2H3. The zero-order valence-corrected chi connectivity index (χ0v) is 9.30. The lowest BCUT2D eigenvalue weighted by Gasteiger charge is -2.15. The molecule has 5 heteroatoms. The molecule has 0 spiro atoms. The van der Waals surface area contributed by atoms with Crippen LogP contribution < -0.4 is 0 Å². The van der Waals surface area contributed by atoms with Gasteiger partial charge in [0.05, 0.1) is 12.2 Å². The van der Waals surface area contributed by atoms with Crippen molar-refractivity contribution in [1.29, 1.82) is 0 Å². The molecule has 2 unspecified atom stereocenters. The average Bonchev–Trinajstić information content (AvgIpc) is 2.65. The molecule has 0 radical (unpaired) electrons. The molecule has 2 N–H and O–H groups in total. The minimum atomic E-state index is -0.755. The van der Waals surface area contributed by atoms with Crippen LogP contribution in [0.2, 0.25) is 0 Å². The highest BCUT2D eigenvalue weighted by Crippen LogP contribution is 2.06. The highest BCUT2D eigenvalue weighted by atomic mass is 16.3. The summed E-state index contributed by atoms with van der Waals surface area (Å²) < 4.78 is 1.77. The van der Waals surface area contributed by atoms with E-state index in [0.29, 0.717) is 12.8 Å². The maximum Gasteiger partial charge on any atom is 0.138 e. The summed E-state index contributed by atoms with van der Waals surface area (Å²) in [5.74, 6) is 0.733. The lowest BCUT2D eigenvalue weighted by molar-refractivity contribution is 0.0164. The smallest absolute Gasteiger partial charge is 0.138 e. The van der Waals surface area contributed by atoms with Gasteiger partial charge >= 0.3 is 0 Å². The molecule has 0 aliphatic carbocycles. The first-order chi connectivity index (χ1) is 7.19. The van der Waals surface area contributed by atoms with E-state index in [1.165, 1.54) is 6.33 Å². The third-order valence-corrected chi connectivity index (χ3v) is 2.39. The SMILES string of the molecule is CCCn1ncnc1CC(O)C(O)CC. The van der Waals surface area contributed by atoms with Crippen molar-refractivity contribution >= 4 is 0 Å². The van der Waals surface area contributed by atoms with Crippen molar-refractivity contribution in [3.63, 3.8) is 0 Å². The molecule has 1 aromatic heterocycles. The number of aliphatic hydroxyl groups is 2. The fourth-order valence-electron chi connectivity index (χ4n) is 1.44. The number of aryl methyl sites for hydroxylation is 1. The molecular weight excluding hydrogens is 194 g/mol. The monoisotopic (exact) mass is 213 g/mol. The third-order valence-electron chi connectivity index (χ3n) is 2.39. The van der Waals surface area contributed by atoms with Gasteiger partial charge in [-0.15, -0.1) is 0 Å². The summed E-state index contributed by atoms with van der Waals surface area (Å²) in [5, 5.41) is 23.1. The Bertz CT molecular complexity index is 288. The zero-order valence-electron chi connectivity index (χ0n) is 9.30. The Kier molecular flexibility index (Phi) is 4.71. The van der Waals surface area contributed by atoms with Crippen LogP contribution in [0.3, 0.4) is 0 Å². The van der Waals surface area contributed by atoms with Gasteiger partial charge in [-0.25, -0.2) is 4.98 Å². The van der Waals surface area contributed by atoms with Crippen LogP contribution in [-0.2, 0) is 13.0 Å². The molecule has 15 heavy (non-hydrogen) atoms. The molecule has 0 bridgehead atoms. The maximum absolute atomic E-state index is 9.65. The molecule has 1 heterocycles. The van der Waals surface area contributed by atoms with Crippen LogP contribution in [0.25, 0.3) is 0 Å². The van der Waals surface area contributed by atoms with E-state index in [0.717, 1.165) is 18.8 Å². The molecule has 86 valence electrons. The normalized spacial score (nSPS) is 15.2. The van der Waals surface area contributed by atoms with Crippen molar-refractivity contribution in [3.8, 4) is 0 Å². The van der Waals surface area contributed by atoms with Crippen molar-refractivity contribution in [1.82, 2.24) is 14.8 Å². The van der Waals surface area contributed by atoms with Crippen LogP contribution in [0.5, 0.6) is 0 Å². The second-order valence-electron chi connectivity index (χ2n) is 3.65. The van der Waals surface area contributed by atoms with Crippen LogP contribution in [0, 0.1) is 0 Å². The van der Waals surface area contributed by atoms with Gasteiger partial charge in [0.25, 0.3) is 0 Å². The van der Waals surface area contributed by atoms with Gasteiger partial charge in [-0.3, -0.25) is 4.68 Å². The Morgan fingerprint density at radius 1 is 1.33 bits per heavy atom. The first-order valence-corrected chi connectivity index (χ1v) is 5.41. The predicted molar refractivity (Wildman–Crippen MR) is 56.3 cm³/mol. The average molecular weight is 213 g/mol. The molecule has 1 aromatic rings. The molecule has 0 fully saturated rings. The van der Waals surface area contributed by atoms with Gasteiger partial charge < -0.3 is 10.2 Å². The molecule has 0 aliphatic rings. The van der Waals surface area contributed by atoms with Crippen LogP contribution in [0.15, 0.2) is 6.33 Å². The fraction of sp³-hybridized carbons (Fsp3) is 0.800. The van der Waals surface area contributed by atoms with E-state index in [-0.39, 0.29) is 0 Å². The van der Waals surface area contributed by atoms with Crippen molar-refractivity contribution in [2.75, 3.05) is 0 Å². The van der Waals surface area contributed by atoms with Crippen LogP contribution in [0.1, 0.15) is 32.5 Å². The van der Waals surface area contributed by atoms with Crippen LogP contribution >= 0.6 is 0 Å². The fourth-order valence-corrected chi connectivity index (χ4v) is 1.44. The van der Waals surface area contributed by atoms with Crippen LogP contribution in [0.4, 0.5) is 0 Å². The second-order valence-corrected chi connectivity index (χ2v) is 3.65. The molecule has 0 aromatic carbocycles. The highest BCUT2D eigenvalue weighted by Gasteiger charge is 2.17. The quantitative estimate of drug-likeness (QED) is 0.716. The summed E-state index contributed by atoms with van der Waals surface area (Å²) in [6.45, 7) is 4.69. The summed E-state index contributed by atoms with van der Waals surface area (Å²) in [7, 11) is 0. The first kappa shape index (κ1) is 12.1. The summed E-state index contributed by atoms with van der Waals surface area (Å²) in [6, 6.07) is 0. The Hall–Kier alpha value is -0.940. The Morgan fingerprint density at radius 3 is 2.67 bits per heavy atom. The Labute approximate surface area is 89.8 Å². The number of aromatic nitrogens is 3. The molecule has 0 amide bonds. The van der Waals surface area contributed by atoms with Crippen molar-refractivity contribution < 1.29 is 10.2 Å².